The van der Waals surface area contributed by atoms with Gasteiger partial charge >= 0.3 is 5.82 Å². The molecule has 0 saturated carbocycles. The molecule has 0 unspecified atom stereocenters. The summed E-state index contributed by atoms with van der Waals surface area (Å²) in [6.45, 7) is 0. The van der Waals surface area contributed by atoms with E-state index in [4.69, 9.17) is 0 Å². The second-order valence-electron chi connectivity index (χ2n) is 6.96. The fraction of sp³-hybridized carbons (Fsp3) is 0. The number of aromatic nitrogens is 4. The van der Waals surface area contributed by atoms with Gasteiger partial charge < -0.3 is 12.4 Å². The van der Waals surface area contributed by atoms with Crippen LogP contribution in [0.4, 0.5) is 5.69 Å². The molecule has 1 aromatic heterocycles. The van der Waals surface area contributed by atoms with E-state index in [9.17, 15) is 36.1 Å². The molecule has 0 radical (unpaired) electrons. The minimum Gasteiger partial charge on any atom is -1.00 e. The first-order valence-corrected chi connectivity index (χ1v) is 13.3. The van der Waals surface area contributed by atoms with E-state index >= 15 is 0 Å². The standard InChI is InChI=1S/C19H12IN5O8S2.ClH/c20-12-1-3-13(4-2-12)23-21-19(22-24(23)14-5-7-15(8-6-14)25(26)27)17-10-9-16(34(28,29)30)11-18(17)35(31,32)33;/h1-11H,(H-,28,29,30,31,32,33);1H. The number of rotatable bonds is 6. The molecule has 0 aliphatic rings. The van der Waals surface area contributed by atoms with Gasteiger partial charge in [0.05, 0.1) is 20.5 Å². The van der Waals surface area contributed by atoms with Crippen LogP contribution in [0.1, 0.15) is 0 Å². The van der Waals surface area contributed by atoms with Crippen LogP contribution in [0.2, 0.25) is 0 Å². The lowest BCUT2D eigenvalue weighted by Crippen LogP contribution is -3.00. The average Bonchev–Trinajstić information content (AvgIpc) is 3.23. The largest absolute Gasteiger partial charge is 1.00 e. The van der Waals surface area contributed by atoms with E-state index in [2.05, 4.69) is 32.8 Å². The van der Waals surface area contributed by atoms with Crippen molar-refractivity contribution in [1.82, 2.24) is 15.0 Å². The van der Waals surface area contributed by atoms with Crippen LogP contribution < -0.4 is 17.2 Å². The molecule has 0 bridgehead atoms. The zero-order valence-corrected chi connectivity index (χ0v) is 22.0. The number of nitro groups is 1. The van der Waals surface area contributed by atoms with Crippen LogP contribution in [0.5, 0.6) is 0 Å². The predicted octanol–water partition coefficient (Wildman–Crippen LogP) is -0.779. The Morgan fingerprint density at radius 1 is 0.917 bits per heavy atom. The number of halogens is 2. The van der Waals surface area contributed by atoms with Crippen LogP contribution in [0.3, 0.4) is 0 Å². The molecule has 188 valence electrons. The number of tetrazole rings is 1. The van der Waals surface area contributed by atoms with E-state index in [-0.39, 0.29) is 29.5 Å². The Morgan fingerprint density at radius 2 is 1.53 bits per heavy atom. The Bertz CT molecular complexity index is 1680. The van der Waals surface area contributed by atoms with Gasteiger partial charge in [-0.3, -0.25) is 19.2 Å². The Morgan fingerprint density at radius 3 is 2.06 bits per heavy atom. The van der Waals surface area contributed by atoms with Gasteiger partial charge in [0, 0.05) is 20.5 Å². The second kappa shape index (κ2) is 10.1. The van der Waals surface area contributed by atoms with Crippen molar-refractivity contribution < 1.29 is 48.1 Å². The van der Waals surface area contributed by atoms with Crippen molar-refractivity contribution in [3.8, 4) is 22.8 Å². The van der Waals surface area contributed by atoms with Crippen LogP contribution in [0.25, 0.3) is 22.8 Å². The van der Waals surface area contributed by atoms with Crippen LogP contribution in [-0.4, -0.2) is 45.9 Å². The summed E-state index contributed by atoms with van der Waals surface area (Å²) in [7, 11) is -9.74. The van der Waals surface area contributed by atoms with Gasteiger partial charge in [-0.05, 0) is 87.1 Å². The van der Waals surface area contributed by atoms with Crippen molar-refractivity contribution in [2.45, 2.75) is 9.79 Å². The highest BCUT2D eigenvalue weighted by molar-refractivity contribution is 14.1. The Hall–Kier alpha value is -3.03. The molecule has 0 atom stereocenters. The first kappa shape index (κ1) is 27.6. The zero-order chi connectivity index (χ0) is 25.5. The smallest absolute Gasteiger partial charge is 0.341 e. The van der Waals surface area contributed by atoms with Crippen molar-refractivity contribution in [2.24, 2.45) is 0 Å². The minimum atomic E-state index is -4.97. The molecule has 0 fully saturated rings. The first-order valence-electron chi connectivity index (χ1n) is 9.34. The molecule has 0 aliphatic carbocycles. The summed E-state index contributed by atoms with van der Waals surface area (Å²) in [6.07, 6.45) is 0. The van der Waals surface area contributed by atoms with Crippen molar-refractivity contribution in [1.29, 1.82) is 0 Å². The summed E-state index contributed by atoms with van der Waals surface area (Å²) < 4.78 is 66.9. The third-order valence-corrected chi connectivity index (χ3v) is 7.14. The minimum absolute atomic E-state index is 0. The van der Waals surface area contributed by atoms with Crippen molar-refractivity contribution in [3.63, 3.8) is 0 Å². The second-order valence-corrected chi connectivity index (χ2v) is 11.0. The molecule has 0 aliphatic heterocycles. The maximum atomic E-state index is 12.0. The molecule has 36 heavy (non-hydrogen) atoms. The summed E-state index contributed by atoms with van der Waals surface area (Å²) in [5.41, 5.74) is 0.408. The van der Waals surface area contributed by atoms with E-state index in [0.29, 0.717) is 17.4 Å². The van der Waals surface area contributed by atoms with Crippen LogP contribution in [-0.2, 0) is 20.2 Å². The summed E-state index contributed by atoms with van der Waals surface area (Å²) in [5.74, 6) is -0.226. The molecule has 0 amide bonds. The predicted molar refractivity (Wildman–Crippen MR) is 127 cm³/mol. The maximum Gasteiger partial charge on any atom is 0.341 e. The van der Waals surface area contributed by atoms with Gasteiger partial charge in [-0.1, -0.05) is 0 Å². The molecule has 4 aromatic rings. The Kier molecular flexibility index (Phi) is 7.77. The third kappa shape index (κ3) is 5.68. The van der Waals surface area contributed by atoms with Gasteiger partial charge in [-0.2, -0.15) is 16.8 Å². The van der Waals surface area contributed by atoms with Crippen LogP contribution >= 0.6 is 22.6 Å². The maximum absolute atomic E-state index is 12.0. The molecule has 0 spiro atoms. The van der Waals surface area contributed by atoms with E-state index in [1.165, 1.54) is 33.9 Å². The van der Waals surface area contributed by atoms with E-state index in [0.717, 1.165) is 15.7 Å². The molecule has 0 saturated heterocycles. The first-order chi connectivity index (χ1) is 16.3. The average molecular weight is 666 g/mol. The highest BCUT2D eigenvalue weighted by Crippen LogP contribution is 2.27. The summed E-state index contributed by atoms with van der Waals surface area (Å²) in [4.78, 5) is 11.4. The summed E-state index contributed by atoms with van der Waals surface area (Å²) in [6, 6.07) is 14.8. The zero-order valence-electron chi connectivity index (χ0n) is 17.5. The highest BCUT2D eigenvalue weighted by Gasteiger charge is 2.30. The van der Waals surface area contributed by atoms with Crippen LogP contribution in [0, 0.1) is 13.7 Å². The normalized spacial score (nSPS) is 11.6. The molecule has 4 rings (SSSR count). The lowest BCUT2D eigenvalue weighted by Gasteiger charge is -2.03. The highest BCUT2D eigenvalue weighted by atomic mass is 127. The van der Waals surface area contributed by atoms with Crippen molar-refractivity contribution >= 4 is 48.5 Å². The van der Waals surface area contributed by atoms with Gasteiger partial charge in [-0.15, -0.1) is 0 Å². The van der Waals surface area contributed by atoms with Gasteiger partial charge in [0.25, 0.3) is 25.9 Å². The Balaban J connectivity index is 0.00000361. The Labute approximate surface area is 223 Å². The fourth-order valence-corrected chi connectivity index (χ4v) is 4.72. The molecule has 2 N–H and O–H groups in total. The number of nitro benzene ring substituents is 1. The summed E-state index contributed by atoms with van der Waals surface area (Å²) >= 11 is 2.10. The SMILES string of the molecule is O=[N+]([O-])c1ccc(-[n+]2nc(-c3ccc(S(=O)(=O)O)cc3S(=O)(=O)O)nn2-c2ccc(I)cc2)cc1.[Cl-]. The van der Waals surface area contributed by atoms with Crippen molar-refractivity contribution in [2.75, 3.05) is 0 Å². The quantitative estimate of drug-likeness (QED) is 0.0870. The van der Waals surface area contributed by atoms with Gasteiger partial charge in [0.15, 0.2) is 5.69 Å². The lowest BCUT2D eigenvalue weighted by atomic mass is 10.2. The summed E-state index contributed by atoms with van der Waals surface area (Å²) in [5, 5.41) is 19.6. The van der Waals surface area contributed by atoms with E-state index in [1.54, 1.807) is 24.3 Å². The van der Waals surface area contributed by atoms with Gasteiger partial charge in [0.2, 0.25) is 0 Å². The third-order valence-electron chi connectivity index (χ3n) is 4.68. The fourth-order valence-electron chi connectivity index (χ4n) is 3.07. The van der Waals surface area contributed by atoms with Gasteiger partial charge in [0.1, 0.15) is 10.6 Å². The van der Waals surface area contributed by atoms with Crippen LogP contribution in [0.15, 0.2) is 76.5 Å². The lowest BCUT2D eigenvalue weighted by molar-refractivity contribution is -0.734. The molecule has 1 heterocycles. The monoisotopic (exact) mass is 665 g/mol. The number of nitrogens with zero attached hydrogens (tertiary/aromatic N) is 5. The van der Waals surface area contributed by atoms with E-state index < -0.39 is 35.0 Å². The molecule has 3 aromatic carbocycles. The molecule has 13 nitrogen and oxygen atoms in total. The topological polar surface area (TPSA) is 186 Å². The number of benzene rings is 3. The number of hydrogen-bond acceptors (Lipinski definition) is 8. The number of hydrogen-bond donors (Lipinski definition) is 2. The molecular formula is C19H13ClIN5O8S2. The van der Waals surface area contributed by atoms with Crippen molar-refractivity contribution in [3.05, 3.63) is 80.4 Å². The number of non-ortho nitro benzene ring substituents is 1. The van der Waals surface area contributed by atoms with Gasteiger partial charge in [-0.25, -0.2) is 0 Å². The molecule has 17 heteroatoms. The molecular weight excluding hydrogens is 653 g/mol. The van der Waals surface area contributed by atoms with E-state index in [1.807, 2.05) is 0 Å².